The number of pyridine rings is 1. The van der Waals surface area contributed by atoms with Crippen LogP contribution in [0.1, 0.15) is 19.0 Å². The number of imidazole rings is 1. The van der Waals surface area contributed by atoms with Crippen molar-refractivity contribution in [3.63, 3.8) is 0 Å². The number of halogens is 1. The van der Waals surface area contributed by atoms with E-state index >= 15 is 0 Å². The third-order valence-corrected chi connectivity index (χ3v) is 3.05. The van der Waals surface area contributed by atoms with E-state index in [9.17, 15) is 0 Å². The number of aromatic nitrogens is 2. The van der Waals surface area contributed by atoms with Gasteiger partial charge in [-0.3, -0.25) is 0 Å². The molecule has 1 atom stereocenters. The number of hydrogen-bond donors (Lipinski definition) is 1. The third kappa shape index (κ3) is 2.83. The minimum Gasteiger partial charge on any atom is -0.309 e. The summed E-state index contributed by atoms with van der Waals surface area (Å²) in [4.78, 5) is 4.53. The largest absolute Gasteiger partial charge is 0.309 e. The zero-order chi connectivity index (χ0) is 11.4. The lowest BCUT2D eigenvalue weighted by molar-refractivity contribution is 0.534. The van der Waals surface area contributed by atoms with Crippen molar-refractivity contribution >= 4 is 21.6 Å². The van der Waals surface area contributed by atoms with Gasteiger partial charge in [-0.15, -0.1) is 0 Å². The van der Waals surface area contributed by atoms with E-state index in [4.69, 9.17) is 0 Å². The maximum absolute atomic E-state index is 4.53. The van der Waals surface area contributed by atoms with Gasteiger partial charge in [-0.2, -0.15) is 0 Å². The monoisotopic (exact) mass is 281 g/mol. The molecular weight excluding hydrogens is 266 g/mol. The van der Waals surface area contributed by atoms with E-state index in [1.54, 1.807) is 0 Å². The lowest BCUT2D eigenvalue weighted by atomic mass is 10.2. The Morgan fingerprint density at radius 2 is 2.38 bits per heavy atom. The summed E-state index contributed by atoms with van der Waals surface area (Å²) in [5.41, 5.74) is 2.10. The van der Waals surface area contributed by atoms with E-state index in [0.29, 0.717) is 6.04 Å². The molecule has 0 spiro atoms. The Bertz CT molecular complexity index is 419. The zero-order valence-corrected chi connectivity index (χ0v) is 10.9. The third-order valence-electron chi connectivity index (χ3n) is 2.59. The van der Waals surface area contributed by atoms with Crippen LogP contribution in [-0.4, -0.2) is 20.8 Å². The van der Waals surface area contributed by atoms with Gasteiger partial charge in [-0.1, -0.05) is 22.0 Å². The summed E-state index contributed by atoms with van der Waals surface area (Å²) in [6.07, 6.45) is 5.23. The highest BCUT2D eigenvalue weighted by Gasteiger charge is 2.03. The minimum absolute atomic E-state index is 0.518. The van der Waals surface area contributed by atoms with Crippen molar-refractivity contribution in [2.75, 3.05) is 5.33 Å². The number of hydrogen-bond acceptors (Lipinski definition) is 2. The van der Waals surface area contributed by atoms with Gasteiger partial charge in [-0.05, 0) is 25.5 Å². The van der Waals surface area contributed by atoms with Crippen molar-refractivity contribution in [3.05, 3.63) is 36.3 Å². The molecule has 2 aromatic heterocycles. The molecule has 86 valence electrons. The molecule has 2 aromatic rings. The van der Waals surface area contributed by atoms with Gasteiger partial charge < -0.3 is 9.72 Å². The van der Waals surface area contributed by atoms with Crippen molar-refractivity contribution in [1.29, 1.82) is 0 Å². The summed E-state index contributed by atoms with van der Waals surface area (Å²) >= 11 is 3.44. The second-order valence-corrected chi connectivity index (χ2v) is 4.75. The number of rotatable bonds is 5. The van der Waals surface area contributed by atoms with Crippen LogP contribution in [0.5, 0.6) is 0 Å². The maximum atomic E-state index is 4.53. The van der Waals surface area contributed by atoms with E-state index in [2.05, 4.69) is 39.4 Å². The van der Waals surface area contributed by atoms with Gasteiger partial charge in [0, 0.05) is 30.3 Å². The summed E-state index contributed by atoms with van der Waals surface area (Å²) in [6.45, 7) is 3.02. The van der Waals surface area contributed by atoms with Gasteiger partial charge in [-0.25, -0.2) is 4.98 Å². The van der Waals surface area contributed by atoms with Crippen molar-refractivity contribution in [3.8, 4) is 0 Å². The van der Waals surface area contributed by atoms with E-state index in [1.807, 2.05) is 28.8 Å². The van der Waals surface area contributed by atoms with Crippen LogP contribution in [0.2, 0.25) is 0 Å². The van der Waals surface area contributed by atoms with Gasteiger partial charge in [0.1, 0.15) is 5.65 Å². The summed E-state index contributed by atoms with van der Waals surface area (Å²) < 4.78 is 2.05. The molecule has 0 fully saturated rings. The second kappa shape index (κ2) is 5.46. The van der Waals surface area contributed by atoms with Crippen LogP contribution in [0.4, 0.5) is 0 Å². The SMILES string of the molecule is CC(CCBr)NCc1cn2ccccc2n1. The van der Waals surface area contributed by atoms with Crippen molar-refractivity contribution in [2.24, 2.45) is 0 Å². The first kappa shape index (κ1) is 11.6. The number of nitrogens with zero attached hydrogens (tertiary/aromatic N) is 2. The Labute approximate surface area is 104 Å². The van der Waals surface area contributed by atoms with Crippen molar-refractivity contribution < 1.29 is 0 Å². The molecule has 16 heavy (non-hydrogen) atoms. The molecule has 1 unspecified atom stereocenters. The molecule has 0 aliphatic heterocycles. The minimum atomic E-state index is 0.518. The average molecular weight is 282 g/mol. The van der Waals surface area contributed by atoms with Crippen LogP contribution >= 0.6 is 15.9 Å². The highest BCUT2D eigenvalue weighted by Crippen LogP contribution is 2.05. The fourth-order valence-electron chi connectivity index (χ4n) is 1.62. The lowest BCUT2D eigenvalue weighted by Gasteiger charge is -2.10. The standard InChI is InChI=1S/C12H16BrN3/c1-10(5-6-13)14-8-11-9-16-7-3-2-4-12(16)15-11/h2-4,7,9-10,14H,5-6,8H2,1H3. The smallest absolute Gasteiger partial charge is 0.137 e. The van der Waals surface area contributed by atoms with Gasteiger partial charge in [0.25, 0.3) is 0 Å². The molecule has 0 aliphatic carbocycles. The van der Waals surface area contributed by atoms with Gasteiger partial charge in [0.05, 0.1) is 5.69 Å². The quantitative estimate of drug-likeness (QED) is 0.854. The molecule has 4 heteroatoms. The molecule has 0 bridgehead atoms. The van der Waals surface area contributed by atoms with E-state index in [1.165, 1.54) is 0 Å². The van der Waals surface area contributed by atoms with Crippen LogP contribution < -0.4 is 5.32 Å². The molecule has 3 nitrogen and oxygen atoms in total. The van der Waals surface area contributed by atoms with Gasteiger partial charge in [0.15, 0.2) is 0 Å². The maximum Gasteiger partial charge on any atom is 0.137 e. The van der Waals surface area contributed by atoms with E-state index in [0.717, 1.165) is 29.6 Å². The molecule has 2 rings (SSSR count). The lowest BCUT2D eigenvalue weighted by Crippen LogP contribution is -2.25. The van der Waals surface area contributed by atoms with E-state index in [-0.39, 0.29) is 0 Å². The first-order valence-corrected chi connectivity index (χ1v) is 6.63. The molecule has 0 aliphatic rings. The molecule has 0 saturated heterocycles. The van der Waals surface area contributed by atoms with Crippen LogP contribution in [0.15, 0.2) is 30.6 Å². The summed E-state index contributed by atoms with van der Waals surface area (Å²) in [5.74, 6) is 0. The summed E-state index contributed by atoms with van der Waals surface area (Å²) in [7, 11) is 0. The van der Waals surface area contributed by atoms with Gasteiger partial charge >= 0.3 is 0 Å². The van der Waals surface area contributed by atoms with Crippen molar-refractivity contribution in [2.45, 2.75) is 25.9 Å². The number of nitrogens with one attached hydrogen (secondary N) is 1. The topological polar surface area (TPSA) is 29.3 Å². The van der Waals surface area contributed by atoms with Crippen LogP contribution in [-0.2, 0) is 6.54 Å². The Morgan fingerprint density at radius 1 is 1.50 bits per heavy atom. The molecule has 1 N–H and O–H groups in total. The first-order valence-electron chi connectivity index (χ1n) is 5.51. The molecule has 0 radical (unpaired) electrons. The Balaban J connectivity index is 1.99. The highest BCUT2D eigenvalue weighted by molar-refractivity contribution is 9.09. The fourth-order valence-corrected chi connectivity index (χ4v) is 2.30. The second-order valence-electron chi connectivity index (χ2n) is 3.96. The van der Waals surface area contributed by atoms with Crippen LogP contribution in [0, 0.1) is 0 Å². The fraction of sp³-hybridized carbons (Fsp3) is 0.417. The molecule has 0 amide bonds. The molecule has 2 heterocycles. The average Bonchev–Trinajstić information content (AvgIpc) is 2.69. The Hall–Kier alpha value is -0.870. The zero-order valence-electron chi connectivity index (χ0n) is 9.36. The summed E-state index contributed by atoms with van der Waals surface area (Å²) in [5, 5.41) is 4.49. The van der Waals surface area contributed by atoms with Crippen molar-refractivity contribution in [1.82, 2.24) is 14.7 Å². The normalized spacial score (nSPS) is 13.1. The highest BCUT2D eigenvalue weighted by atomic mass is 79.9. The molecule has 0 saturated carbocycles. The number of alkyl halides is 1. The summed E-state index contributed by atoms with van der Waals surface area (Å²) in [6, 6.07) is 6.56. The predicted octanol–water partition coefficient (Wildman–Crippen LogP) is 2.60. The first-order chi connectivity index (χ1) is 7.79. The number of fused-ring (bicyclic) bond motifs is 1. The molecular formula is C12H16BrN3. The van der Waals surface area contributed by atoms with Gasteiger partial charge in [0.2, 0.25) is 0 Å². The predicted molar refractivity (Wildman–Crippen MR) is 69.9 cm³/mol. The Morgan fingerprint density at radius 3 is 3.12 bits per heavy atom. The Kier molecular flexibility index (Phi) is 3.96. The van der Waals surface area contributed by atoms with Crippen LogP contribution in [0.3, 0.4) is 0 Å². The van der Waals surface area contributed by atoms with Crippen LogP contribution in [0.25, 0.3) is 5.65 Å². The van der Waals surface area contributed by atoms with E-state index < -0.39 is 0 Å². The molecule has 0 aromatic carbocycles.